The summed E-state index contributed by atoms with van der Waals surface area (Å²) in [6.45, 7) is 1.96. The standard InChI is InChI=1S/C29H24ClN3O4/c1-17-10-12-18(13-11-17)25-26-22(8-5-9-24(26)34)32(21-15-14-20(30)16-23(21)33(36)37)29(31)27(25)28(35)19-6-3-2-4-7-19/h2-4,6-7,10-16,25,31,35H,5,8-9H2,1H3/b28-27+,31-29?. The van der Waals surface area contributed by atoms with Crippen molar-refractivity contribution in [2.24, 2.45) is 0 Å². The second-order valence-corrected chi connectivity index (χ2v) is 9.62. The number of allylic oxidation sites excluding steroid dienone is 2. The van der Waals surface area contributed by atoms with Gasteiger partial charge < -0.3 is 5.11 Å². The molecular formula is C29H24ClN3O4. The number of rotatable bonds is 4. The van der Waals surface area contributed by atoms with E-state index in [-0.39, 0.29) is 39.3 Å². The number of amidine groups is 1. The number of Topliss-reactive ketones (excluding diaryl/α,β-unsaturated/α-hetero) is 1. The molecule has 37 heavy (non-hydrogen) atoms. The Morgan fingerprint density at radius 2 is 1.78 bits per heavy atom. The molecule has 1 heterocycles. The number of nitrogens with zero attached hydrogens (tertiary/aromatic N) is 2. The van der Waals surface area contributed by atoms with Crippen LogP contribution in [0.2, 0.25) is 5.02 Å². The number of benzene rings is 3. The van der Waals surface area contributed by atoms with Crippen molar-refractivity contribution >= 4 is 40.4 Å². The third-order valence-electron chi connectivity index (χ3n) is 6.84. The Kier molecular flexibility index (Phi) is 6.39. The molecule has 186 valence electrons. The highest BCUT2D eigenvalue weighted by Gasteiger charge is 2.44. The lowest BCUT2D eigenvalue weighted by atomic mass is 9.73. The van der Waals surface area contributed by atoms with Crippen molar-refractivity contribution in [3.63, 3.8) is 0 Å². The van der Waals surface area contributed by atoms with Crippen molar-refractivity contribution in [2.45, 2.75) is 32.1 Å². The summed E-state index contributed by atoms with van der Waals surface area (Å²) in [6, 6.07) is 20.7. The monoisotopic (exact) mass is 513 g/mol. The number of halogens is 1. The highest BCUT2D eigenvalue weighted by molar-refractivity contribution is 6.31. The van der Waals surface area contributed by atoms with Crippen molar-refractivity contribution in [3.05, 3.63) is 121 Å². The number of aryl methyl sites for hydroxylation is 1. The van der Waals surface area contributed by atoms with Gasteiger partial charge in [0.1, 0.15) is 17.3 Å². The van der Waals surface area contributed by atoms with Crippen molar-refractivity contribution < 1.29 is 14.8 Å². The van der Waals surface area contributed by atoms with E-state index >= 15 is 0 Å². The minimum absolute atomic E-state index is 0.0979. The first kappa shape index (κ1) is 24.5. The summed E-state index contributed by atoms with van der Waals surface area (Å²) in [4.78, 5) is 26.4. The predicted molar refractivity (Wildman–Crippen MR) is 144 cm³/mol. The number of aliphatic hydroxyl groups is 1. The Morgan fingerprint density at radius 1 is 1.08 bits per heavy atom. The predicted octanol–water partition coefficient (Wildman–Crippen LogP) is 7.11. The van der Waals surface area contributed by atoms with Gasteiger partial charge in [-0.3, -0.25) is 25.2 Å². The van der Waals surface area contributed by atoms with Gasteiger partial charge in [-0.05, 0) is 37.5 Å². The molecule has 0 amide bonds. The van der Waals surface area contributed by atoms with Gasteiger partial charge in [0.05, 0.1) is 4.92 Å². The smallest absolute Gasteiger partial charge is 0.294 e. The Morgan fingerprint density at radius 3 is 2.46 bits per heavy atom. The molecule has 1 aliphatic carbocycles. The molecule has 0 aromatic heterocycles. The molecule has 0 bridgehead atoms. The summed E-state index contributed by atoms with van der Waals surface area (Å²) in [5, 5.41) is 33.1. The van der Waals surface area contributed by atoms with E-state index in [0.717, 1.165) is 11.1 Å². The van der Waals surface area contributed by atoms with Crippen LogP contribution >= 0.6 is 11.6 Å². The fraction of sp³-hybridized carbons (Fsp3) is 0.172. The van der Waals surface area contributed by atoms with E-state index in [4.69, 9.17) is 11.6 Å². The zero-order valence-electron chi connectivity index (χ0n) is 20.1. The maximum absolute atomic E-state index is 13.5. The molecule has 1 aliphatic heterocycles. The maximum atomic E-state index is 13.5. The summed E-state index contributed by atoms with van der Waals surface area (Å²) in [7, 11) is 0. The molecule has 0 saturated carbocycles. The first-order valence-corrected chi connectivity index (χ1v) is 12.3. The number of nitrogens with one attached hydrogen (secondary N) is 1. The van der Waals surface area contributed by atoms with Gasteiger partial charge in [0.15, 0.2) is 5.78 Å². The lowest BCUT2D eigenvalue weighted by Crippen LogP contribution is -2.42. The van der Waals surface area contributed by atoms with Crippen molar-refractivity contribution in [1.29, 1.82) is 5.41 Å². The molecule has 0 spiro atoms. The average molecular weight is 514 g/mol. The van der Waals surface area contributed by atoms with Crippen LogP contribution in [-0.2, 0) is 4.79 Å². The minimum Gasteiger partial charge on any atom is -0.507 e. The highest BCUT2D eigenvalue weighted by Crippen LogP contribution is 2.49. The summed E-state index contributed by atoms with van der Waals surface area (Å²) >= 11 is 6.08. The molecule has 2 aliphatic rings. The Labute approximate surface area is 219 Å². The molecule has 3 aromatic rings. The van der Waals surface area contributed by atoms with Crippen LogP contribution in [-0.4, -0.2) is 21.6 Å². The number of ketones is 1. The maximum Gasteiger partial charge on any atom is 0.294 e. The van der Waals surface area contributed by atoms with Gasteiger partial charge in [-0.25, -0.2) is 0 Å². The average Bonchev–Trinajstić information content (AvgIpc) is 2.89. The van der Waals surface area contributed by atoms with Gasteiger partial charge in [0, 0.05) is 45.8 Å². The van der Waals surface area contributed by atoms with Crippen LogP contribution in [0.25, 0.3) is 5.76 Å². The Bertz CT molecular complexity index is 1490. The first-order valence-electron chi connectivity index (χ1n) is 11.9. The Hall–Kier alpha value is -4.23. The van der Waals surface area contributed by atoms with Crippen molar-refractivity contribution in [2.75, 3.05) is 4.90 Å². The molecule has 8 heteroatoms. The van der Waals surface area contributed by atoms with E-state index in [0.29, 0.717) is 36.1 Å². The topological polar surface area (TPSA) is 108 Å². The normalized spacial score (nSPS) is 19.1. The van der Waals surface area contributed by atoms with E-state index in [1.807, 2.05) is 37.3 Å². The molecule has 5 rings (SSSR count). The van der Waals surface area contributed by atoms with Crippen LogP contribution in [0.5, 0.6) is 0 Å². The summed E-state index contributed by atoms with van der Waals surface area (Å²) in [6.07, 6.45) is 1.35. The zero-order valence-corrected chi connectivity index (χ0v) is 20.8. The van der Waals surface area contributed by atoms with Crippen LogP contribution in [0.1, 0.15) is 41.9 Å². The van der Waals surface area contributed by atoms with Gasteiger partial charge >= 0.3 is 0 Å². The number of nitro groups is 1. The quantitative estimate of drug-likeness (QED) is 0.219. The molecule has 0 fully saturated rings. The first-order chi connectivity index (χ1) is 17.8. The molecule has 2 N–H and O–H groups in total. The molecule has 1 atom stereocenters. The number of hydrogen-bond acceptors (Lipinski definition) is 5. The molecule has 0 radical (unpaired) electrons. The van der Waals surface area contributed by atoms with Crippen LogP contribution in [0, 0.1) is 22.4 Å². The van der Waals surface area contributed by atoms with Crippen LogP contribution in [0.4, 0.5) is 11.4 Å². The number of anilines is 1. The molecule has 3 aromatic carbocycles. The third-order valence-corrected chi connectivity index (χ3v) is 7.08. The molecule has 1 unspecified atom stereocenters. The minimum atomic E-state index is -0.696. The molecule has 0 saturated heterocycles. The van der Waals surface area contributed by atoms with Gasteiger partial charge in [0.25, 0.3) is 5.69 Å². The molecular weight excluding hydrogens is 490 g/mol. The lowest BCUT2D eigenvalue weighted by Gasteiger charge is -2.41. The van der Waals surface area contributed by atoms with Crippen LogP contribution < -0.4 is 4.90 Å². The fourth-order valence-corrected chi connectivity index (χ4v) is 5.30. The van der Waals surface area contributed by atoms with E-state index in [9.17, 15) is 25.4 Å². The van der Waals surface area contributed by atoms with E-state index < -0.39 is 10.8 Å². The third kappa shape index (κ3) is 4.32. The zero-order chi connectivity index (χ0) is 26.3. The van der Waals surface area contributed by atoms with Crippen LogP contribution in [0.3, 0.4) is 0 Å². The van der Waals surface area contributed by atoms with E-state index in [1.165, 1.54) is 23.1 Å². The number of carbonyl (C=O) groups excluding carboxylic acids is 1. The summed E-state index contributed by atoms with van der Waals surface area (Å²) in [5.41, 5.74) is 3.34. The summed E-state index contributed by atoms with van der Waals surface area (Å²) in [5.74, 6) is -1.06. The van der Waals surface area contributed by atoms with Gasteiger partial charge in [-0.15, -0.1) is 0 Å². The fourth-order valence-electron chi connectivity index (χ4n) is 5.13. The lowest BCUT2D eigenvalue weighted by molar-refractivity contribution is -0.384. The highest BCUT2D eigenvalue weighted by atomic mass is 35.5. The van der Waals surface area contributed by atoms with Crippen LogP contribution in [0.15, 0.2) is 89.6 Å². The van der Waals surface area contributed by atoms with E-state index in [1.54, 1.807) is 24.3 Å². The van der Waals surface area contributed by atoms with E-state index in [2.05, 4.69) is 0 Å². The van der Waals surface area contributed by atoms with Gasteiger partial charge in [0.2, 0.25) is 0 Å². The summed E-state index contributed by atoms with van der Waals surface area (Å²) < 4.78 is 0. The number of aliphatic hydroxyl groups excluding tert-OH is 1. The van der Waals surface area contributed by atoms with Gasteiger partial charge in [-0.2, -0.15) is 0 Å². The van der Waals surface area contributed by atoms with Crippen molar-refractivity contribution in [3.8, 4) is 0 Å². The number of carbonyl (C=O) groups is 1. The van der Waals surface area contributed by atoms with Gasteiger partial charge in [-0.1, -0.05) is 71.8 Å². The Balaban J connectivity index is 1.86. The molecule has 7 nitrogen and oxygen atoms in total. The largest absolute Gasteiger partial charge is 0.507 e. The SMILES string of the molecule is Cc1ccc(C2C3=C(CCCC3=O)N(c3ccc(Cl)cc3[N+](=O)[O-])C(=N)/C2=C(/O)c2ccccc2)cc1. The van der Waals surface area contributed by atoms with Crippen molar-refractivity contribution in [1.82, 2.24) is 0 Å². The second-order valence-electron chi connectivity index (χ2n) is 9.18. The number of nitro benzene ring substituents is 1. The second kappa shape index (κ2) is 9.67. The number of hydrogen-bond donors (Lipinski definition) is 2.